The first-order valence-corrected chi connectivity index (χ1v) is 18.7. The Morgan fingerprint density at radius 2 is 1.68 bits per heavy atom. The van der Waals surface area contributed by atoms with Crippen LogP contribution in [0.5, 0.6) is 0 Å². The predicted octanol–water partition coefficient (Wildman–Crippen LogP) is 7.06. The van der Waals surface area contributed by atoms with Gasteiger partial charge >= 0.3 is 0 Å². The van der Waals surface area contributed by atoms with Crippen LogP contribution in [0, 0.1) is 15.9 Å². The third-order valence-electron chi connectivity index (χ3n) is 8.35. The zero-order chi connectivity index (χ0) is 35.7. The number of sulfonamides is 1. The summed E-state index contributed by atoms with van der Waals surface area (Å²) in [6.07, 6.45) is 4.12. The topological polar surface area (TPSA) is 125 Å². The molecule has 13 heteroatoms. The average Bonchev–Trinajstić information content (AvgIpc) is 3.11. The number of nitro benzene ring substituents is 1. The highest BCUT2D eigenvalue weighted by molar-refractivity contribution is 7.99. The van der Waals surface area contributed by atoms with E-state index in [1.165, 1.54) is 18.2 Å². The smallest absolute Gasteiger partial charge is 0.293 e. The minimum Gasteiger partial charge on any atom is -0.376 e. The number of carbonyl (C=O) groups excluding carboxylic acids is 1. The van der Waals surface area contributed by atoms with Crippen molar-refractivity contribution in [2.45, 2.75) is 35.1 Å². The maximum Gasteiger partial charge on any atom is 0.293 e. The molecule has 5 rings (SSSR count). The number of carbonyl (C=O) groups is 1. The Kier molecular flexibility index (Phi) is 12.3. The first kappa shape index (κ1) is 36.6. The van der Waals surface area contributed by atoms with Crippen LogP contribution in [-0.4, -0.2) is 69.7 Å². The molecule has 1 atom stereocenters. The Hall–Kier alpha value is -4.72. The van der Waals surface area contributed by atoms with Gasteiger partial charge in [0.1, 0.15) is 11.5 Å². The number of benzene rings is 4. The highest BCUT2D eigenvalue weighted by Gasteiger charge is 2.25. The van der Waals surface area contributed by atoms with E-state index in [-0.39, 0.29) is 23.1 Å². The molecule has 262 valence electrons. The van der Waals surface area contributed by atoms with Gasteiger partial charge in [0, 0.05) is 52.7 Å². The Labute approximate surface area is 296 Å². The molecule has 1 aliphatic rings. The van der Waals surface area contributed by atoms with Gasteiger partial charge in [-0.15, -0.1) is 11.8 Å². The molecule has 4 aromatic rings. The first-order valence-electron chi connectivity index (χ1n) is 16.2. The van der Waals surface area contributed by atoms with Crippen LogP contribution in [-0.2, 0) is 10.0 Å². The number of anilines is 2. The summed E-state index contributed by atoms with van der Waals surface area (Å²) >= 11 is 1.62. The molecule has 0 radical (unpaired) electrons. The van der Waals surface area contributed by atoms with Gasteiger partial charge in [0.2, 0.25) is 0 Å². The molecule has 1 amide bonds. The molecule has 0 aromatic heterocycles. The van der Waals surface area contributed by atoms with Crippen LogP contribution in [0.15, 0.2) is 112 Å². The number of rotatable bonds is 14. The summed E-state index contributed by atoms with van der Waals surface area (Å²) in [6, 6.07) is 26.5. The molecule has 1 unspecified atom stereocenters. The number of nitrogens with one attached hydrogen (secondary N) is 2. The van der Waals surface area contributed by atoms with Crippen LogP contribution in [0.2, 0.25) is 0 Å². The van der Waals surface area contributed by atoms with Crippen molar-refractivity contribution in [2.75, 3.05) is 49.7 Å². The monoisotopic (exact) mass is 717 g/mol. The minimum atomic E-state index is -4.43. The van der Waals surface area contributed by atoms with Gasteiger partial charge in [0.15, 0.2) is 0 Å². The second-order valence-corrected chi connectivity index (χ2v) is 15.1. The van der Waals surface area contributed by atoms with E-state index >= 15 is 0 Å². The fourth-order valence-electron chi connectivity index (χ4n) is 5.57. The highest BCUT2D eigenvalue weighted by atomic mass is 32.2. The standard InChI is InChI=1S/C37H40FN5O5S2/c1-41(2)21-20-30(26-49-32-9-4-3-5-10-32)39-35-17-16-33(25-36(35)43(45)46)50(47,48)40-37(44)28-12-14-31(15-13-28)42-22-18-27(19-23-42)24-29-8-6-7-11-34(29)38/h3-17,24-25,30,39H,18-23,26H2,1-2H3,(H,40,44). The molecular weight excluding hydrogens is 678 g/mol. The maximum absolute atomic E-state index is 14.1. The van der Waals surface area contributed by atoms with Gasteiger partial charge < -0.3 is 15.1 Å². The van der Waals surface area contributed by atoms with E-state index in [1.807, 2.05) is 66.2 Å². The summed E-state index contributed by atoms with van der Waals surface area (Å²) in [5.41, 5.74) is 2.52. The van der Waals surface area contributed by atoms with Crippen LogP contribution in [0.4, 0.5) is 21.5 Å². The van der Waals surface area contributed by atoms with Crippen LogP contribution < -0.4 is 14.9 Å². The highest BCUT2D eigenvalue weighted by Crippen LogP contribution is 2.30. The Morgan fingerprint density at radius 1 is 1.00 bits per heavy atom. The van der Waals surface area contributed by atoms with Gasteiger partial charge in [-0.05, 0) is 94.5 Å². The van der Waals surface area contributed by atoms with Crippen molar-refractivity contribution in [1.29, 1.82) is 0 Å². The zero-order valence-corrected chi connectivity index (χ0v) is 29.6. The molecule has 1 fully saturated rings. The second-order valence-electron chi connectivity index (χ2n) is 12.3. The van der Waals surface area contributed by atoms with Crippen LogP contribution in [0.1, 0.15) is 35.2 Å². The molecule has 1 heterocycles. The van der Waals surface area contributed by atoms with Gasteiger partial charge in [0.05, 0.1) is 9.82 Å². The van der Waals surface area contributed by atoms with Gasteiger partial charge in [0.25, 0.3) is 21.6 Å². The Morgan fingerprint density at radius 3 is 2.34 bits per heavy atom. The lowest BCUT2D eigenvalue weighted by atomic mass is 10.00. The number of hydrogen-bond donors (Lipinski definition) is 2. The summed E-state index contributed by atoms with van der Waals surface area (Å²) in [5.74, 6) is -0.467. The zero-order valence-electron chi connectivity index (χ0n) is 27.9. The van der Waals surface area contributed by atoms with Crippen molar-refractivity contribution >= 4 is 50.8 Å². The van der Waals surface area contributed by atoms with Crippen LogP contribution >= 0.6 is 11.8 Å². The quantitative estimate of drug-likeness (QED) is 0.0802. The van der Waals surface area contributed by atoms with Crippen molar-refractivity contribution in [3.63, 3.8) is 0 Å². The fraction of sp³-hybridized carbons (Fsp3) is 0.270. The summed E-state index contributed by atoms with van der Waals surface area (Å²) in [5, 5.41) is 15.3. The maximum atomic E-state index is 14.1. The lowest BCUT2D eigenvalue weighted by Gasteiger charge is -2.30. The molecule has 0 bridgehead atoms. The van der Waals surface area contributed by atoms with E-state index in [9.17, 15) is 27.7 Å². The minimum absolute atomic E-state index is 0.127. The normalized spacial score (nSPS) is 13.9. The average molecular weight is 718 g/mol. The van der Waals surface area contributed by atoms with E-state index < -0.39 is 31.4 Å². The number of nitro groups is 1. The van der Waals surface area contributed by atoms with Gasteiger partial charge in [-0.25, -0.2) is 17.5 Å². The summed E-state index contributed by atoms with van der Waals surface area (Å²) in [6.45, 7) is 2.17. The number of piperidine rings is 1. The molecule has 2 N–H and O–H groups in total. The summed E-state index contributed by atoms with van der Waals surface area (Å²) in [7, 11) is -0.527. The van der Waals surface area contributed by atoms with E-state index in [1.54, 1.807) is 48.2 Å². The third-order valence-corrected chi connectivity index (χ3v) is 10.9. The molecule has 1 saturated heterocycles. The molecule has 0 saturated carbocycles. The summed E-state index contributed by atoms with van der Waals surface area (Å²) < 4.78 is 42.6. The van der Waals surface area contributed by atoms with Crippen molar-refractivity contribution in [3.05, 3.63) is 130 Å². The van der Waals surface area contributed by atoms with Crippen molar-refractivity contribution < 1.29 is 22.5 Å². The number of nitrogens with zero attached hydrogens (tertiary/aromatic N) is 3. The number of thioether (sulfide) groups is 1. The van der Waals surface area contributed by atoms with Crippen LogP contribution in [0.25, 0.3) is 6.08 Å². The molecular formula is C37H40FN5O5S2. The fourth-order valence-corrected chi connectivity index (χ4v) is 7.56. The second kappa shape index (κ2) is 16.8. The molecule has 0 aliphatic carbocycles. The third kappa shape index (κ3) is 9.93. The van der Waals surface area contributed by atoms with E-state index in [4.69, 9.17) is 0 Å². The number of amides is 1. The van der Waals surface area contributed by atoms with Gasteiger partial charge in [-0.2, -0.15) is 0 Å². The van der Waals surface area contributed by atoms with Crippen molar-refractivity contribution in [2.24, 2.45) is 0 Å². The van der Waals surface area contributed by atoms with Crippen molar-refractivity contribution in [1.82, 2.24) is 9.62 Å². The summed E-state index contributed by atoms with van der Waals surface area (Å²) in [4.78, 5) is 29.3. The number of halogens is 1. The van der Waals surface area contributed by atoms with Gasteiger partial charge in [-0.1, -0.05) is 48.0 Å². The van der Waals surface area contributed by atoms with Gasteiger partial charge in [-0.3, -0.25) is 14.9 Å². The van der Waals surface area contributed by atoms with E-state index in [0.29, 0.717) is 30.8 Å². The van der Waals surface area contributed by atoms with E-state index in [0.717, 1.165) is 41.6 Å². The predicted molar refractivity (Wildman–Crippen MR) is 198 cm³/mol. The van der Waals surface area contributed by atoms with E-state index in [2.05, 4.69) is 10.2 Å². The number of hydrogen-bond acceptors (Lipinski definition) is 9. The lowest BCUT2D eigenvalue weighted by Crippen LogP contribution is -2.32. The van der Waals surface area contributed by atoms with Crippen LogP contribution in [0.3, 0.4) is 0 Å². The Bertz CT molecular complexity index is 1930. The first-order chi connectivity index (χ1) is 24.0. The lowest BCUT2D eigenvalue weighted by molar-refractivity contribution is -0.384. The largest absolute Gasteiger partial charge is 0.376 e. The molecule has 1 aliphatic heterocycles. The van der Waals surface area contributed by atoms with Crippen molar-refractivity contribution in [3.8, 4) is 0 Å². The molecule has 0 spiro atoms. The molecule has 50 heavy (non-hydrogen) atoms. The molecule has 4 aromatic carbocycles. The molecule has 10 nitrogen and oxygen atoms in total. The SMILES string of the molecule is CN(C)CCC(CSc1ccccc1)Nc1ccc(S(=O)(=O)NC(=O)c2ccc(N3CCC(=Cc4ccccc4F)CC3)cc2)cc1[N+](=O)[O-]. The Balaban J connectivity index is 1.23.